The van der Waals surface area contributed by atoms with Gasteiger partial charge in [0.2, 0.25) is 5.91 Å². The lowest BCUT2D eigenvalue weighted by Crippen LogP contribution is -2.43. The average Bonchev–Trinajstić information content (AvgIpc) is 2.95. The molecule has 7 heteroatoms. The number of nitrogens with one attached hydrogen (secondary N) is 1. The summed E-state index contributed by atoms with van der Waals surface area (Å²) < 4.78 is 1.08. The summed E-state index contributed by atoms with van der Waals surface area (Å²) in [5, 5.41) is 3.47. The summed E-state index contributed by atoms with van der Waals surface area (Å²) >= 11 is 1.48. The van der Waals surface area contributed by atoms with E-state index in [1.807, 2.05) is 6.07 Å². The van der Waals surface area contributed by atoms with Crippen molar-refractivity contribution >= 4 is 38.6 Å². The summed E-state index contributed by atoms with van der Waals surface area (Å²) in [6.07, 6.45) is 2.23. The Morgan fingerprint density at radius 2 is 2.13 bits per heavy atom. The molecular formula is C16H20N4O2S. The molecule has 0 aliphatic carbocycles. The number of urea groups is 1. The van der Waals surface area contributed by atoms with Gasteiger partial charge in [-0.1, -0.05) is 24.3 Å². The van der Waals surface area contributed by atoms with Crippen LogP contribution in [0.15, 0.2) is 18.2 Å². The van der Waals surface area contributed by atoms with Crippen LogP contribution in [-0.4, -0.2) is 34.9 Å². The van der Waals surface area contributed by atoms with E-state index in [0.717, 1.165) is 16.6 Å². The van der Waals surface area contributed by atoms with Crippen LogP contribution >= 0.6 is 11.3 Å². The lowest BCUT2D eigenvalue weighted by Gasteiger charge is -2.30. The third kappa shape index (κ3) is 3.44. The predicted octanol–water partition coefficient (Wildman–Crippen LogP) is 2.59. The van der Waals surface area contributed by atoms with Crippen LogP contribution in [0.3, 0.4) is 0 Å². The van der Waals surface area contributed by atoms with Crippen LogP contribution in [0.4, 0.5) is 9.93 Å². The van der Waals surface area contributed by atoms with Crippen molar-refractivity contribution in [3.8, 4) is 0 Å². The molecule has 3 N–H and O–H groups in total. The molecule has 1 fully saturated rings. The summed E-state index contributed by atoms with van der Waals surface area (Å²) in [5.41, 5.74) is 7.47. The van der Waals surface area contributed by atoms with Gasteiger partial charge in [-0.15, -0.1) is 0 Å². The molecule has 122 valence electrons. The smallest absolute Gasteiger partial charge is 0.323 e. The number of primary amides is 1. The molecule has 0 atom stereocenters. The van der Waals surface area contributed by atoms with Gasteiger partial charge >= 0.3 is 6.03 Å². The second-order valence-electron chi connectivity index (χ2n) is 5.77. The Labute approximate surface area is 138 Å². The van der Waals surface area contributed by atoms with Gasteiger partial charge in [-0.25, -0.2) is 9.78 Å². The predicted molar refractivity (Wildman–Crippen MR) is 91.5 cm³/mol. The number of hydrogen-bond donors (Lipinski definition) is 2. The van der Waals surface area contributed by atoms with Crippen LogP contribution in [0.25, 0.3) is 10.2 Å². The number of carbonyl (C=O) groups excluding carboxylic acids is 2. The molecule has 1 aliphatic rings. The highest BCUT2D eigenvalue weighted by Crippen LogP contribution is 2.27. The average molecular weight is 332 g/mol. The number of benzene rings is 1. The molecule has 2 aromatic rings. The second-order valence-corrected chi connectivity index (χ2v) is 6.80. The fraction of sp³-hybridized carbons (Fsp3) is 0.438. The van der Waals surface area contributed by atoms with E-state index >= 15 is 0 Å². The van der Waals surface area contributed by atoms with E-state index in [4.69, 9.17) is 5.73 Å². The maximum Gasteiger partial charge on any atom is 0.323 e. The minimum atomic E-state index is -0.275. The van der Waals surface area contributed by atoms with Crippen LogP contribution < -0.4 is 11.1 Å². The number of aromatic nitrogens is 1. The number of anilines is 1. The quantitative estimate of drug-likeness (QED) is 0.905. The number of carbonyl (C=O) groups is 2. The van der Waals surface area contributed by atoms with Crippen molar-refractivity contribution in [1.29, 1.82) is 0 Å². The number of aryl methyl sites for hydroxylation is 1. The monoisotopic (exact) mass is 332 g/mol. The van der Waals surface area contributed by atoms with E-state index in [1.165, 1.54) is 16.9 Å². The van der Waals surface area contributed by atoms with Crippen molar-refractivity contribution in [3.63, 3.8) is 0 Å². The molecule has 0 unspecified atom stereocenters. The Kier molecular flexibility index (Phi) is 4.47. The molecule has 0 bridgehead atoms. The van der Waals surface area contributed by atoms with Gasteiger partial charge in [0.15, 0.2) is 5.13 Å². The van der Waals surface area contributed by atoms with Crippen molar-refractivity contribution in [2.24, 2.45) is 11.7 Å². The maximum atomic E-state index is 12.3. The molecule has 23 heavy (non-hydrogen) atoms. The van der Waals surface area contributed by atoms with E-state index in [1.54, 1.807) is 4.90 Å². The van der Waals surface area contributed by atoms with Crippen molar-refractivity contribution in [2.45, 2.75) is 26.2 Å². The normalized spacial score (nSPS) is 15.8. The lowest BCUT2D eigenvalue weighted by molar-refractivity contribution is -0.122. The minimum absolute atomic E-state index is 0.117. The SMILES string of the molecule is CCc1ccc2nc(NC(=O)N3CCC(C(N)=O)CC3)sc2c1. The number of piperidine rings is 1. The minimum Gasteiger partial charge on any atom is -0.369 e. The Hall–Kier alpha value is -2.15. The van der Waals surface area contributed by atoms with E-state index in [9.17, 15) is 9.59 Å². The van der Waals surface area contributed by atoms with Crippen molar-refractivity contribution < 1.29 is 9.59 Å². The molecule has 1 aromatic carbocycles. The third-order valence-corrected chi connectivity index (χ3v) is 5.19. The molecule has 1 saturated heterocycles. The Morgan fingerprint density at radius 3 is 2.78 bits per heavy atom. The maximum absolute atomic E-state index is 12.3. The lowest BCUT2D eigenvalue weighted by atomic mass is 9.96. The number of nitrogens with zero attached hydrogens (tertiary/aromatic N) is 2. The fourth-order valence-corrected chi connectivity index (χ4v) is 3.70. The first-order chi connectivity index (χ1) is 11.1. The Bertz CT molecular complexity index is 735. The van der Waals surface area contributed by atoms with Crippen molar-refractivity contribution in [1.82, 2.24) is 9.88 Å². The number of rotatable bonds is 3. The van der Waals surface area contributed by atoms with Crippen LogP contribution in [0, 0.1) is 5.92 Å². The van der Waals surface area contributed by atoms with Gasteiger partial charge in [-0.05, 0) is 37.0 Å². The van der Waals surface area contributed by atoms with E-state index in [0.29, 0.717) is 31.1 Å². The largest absolute Gasteiger partial charge is 0.369 e. The molecule has 3 rings (SSSR count). The molecule has 2 heterocycles. The summed E-state index contributed by atoms with van der Waals surface area (Å²) in [7, 11) is 0. The van der Waals surface area contributed by atoms with Crippen LogP contribution in [0.1, 0.15) is 25.3 Å². The zero-order valence-electron chi connectivity index (χ0n) is 13.0. The molecule has 1 aromatic heterocycles. The van der Waals surface area contributed by atoms with Gasteiger partial charge in [-0.3, -0.25) is 10.1 Å². The van der Waals surface area contributed by atoms with Gasteiger partial charge in [0.25, 0.3) is 0 Å². The van der Waals surface area contributed by atoms with Crippen molar-refractivity contribution in [3.05, 3.63) is 23.8 Å². The molecule has 0 radical (unpaired) electrons. The topological polar surface area (TPSA) is 88.3 Å². The van der Waals surface area contributed by atoms with E-state index in [-0.39, 0.29) is 17.9 Å². The number of likely N-dealkylation sites (tertiary alicyclic amines) is 1. The van der Waals surface area contributed by atoms with Crippen LogP contribution in [-0.2, 0) is 11.2 Å². The van der Waals surface area contributed by atoms with Gasteiger partial charge in [0.1, 0.15) is 0 Å². The summed E-state index contributed by atoms with van der Waals surface area (Å²) in [6, 6.07) is 5.99. The first kappa shape index (κ1) is 15.7. The van der Waals surface area contributed by atoms with Gasteiger partial charge in [-0.2, -0.15) is 0 Å². The van der Waals surface area contributed by atoms with Gasteiger partial charge in [0, 0.05) is 19.0 Å². The van der Waals surface area contributed by atoms with Crippen LogP contribution in [0.5, 0.6) is 0 Å². The van der Waals surface area contributed by atoms with Crippen molar-refractivity contribution in [2.75, 3.05) is 18.4 Å². The number of nitrogens with two attached hydrogens (primary N) is 1. The molecule has 6 nitrogen and oxygen atoms in total. The number of fused-ring (bicyclic) bond motifs is 1. The highest BCUT2D eigenvalue weighted by Gasteiger charge is 2.26. The number of hydrogen-bond acceptors (Lipinski definition) is 4. The molecule has 3 amide bonds. The third-order valence-electron chi connectivity index (χ3n) is 4.26. The number of thiazole rings is 1. The standard InChI is InChI=1S/C16H20N4O2S/c1-2-10-3-4-12-13(9-10)23-15(18-12)19-16(22)20-7-5-11(6-8-20)14(17)21/h3-4,9,11H,2,5-8H2,1H3,(H2,17,21)(H,18,19,22). The molecule has 1 aliphatic heterocycles. The molecule has 0 spiro atoms. The molecule has 0 saturated carbocycles. The van der Waals surface area contributed by atoms with E-state index in [2.05, 4.69) is 29.4 Å². The van der Waals surface area contributed by atoms with Gasteiger partial charge < -0.3 is 10.6 Å². The van der Waals surface area contributed by atoms with Gasteiger partial charge in [0.05, 0.1) is 10.2 Å². The zero-order valence-corrected chi connectivity index (χ0v) is 13.9. The Balaban J connectivity index is 1.65. The second kappa shape index (κ2) is 6.54. The van der Waals surface area contributed by atoms with Crippen LogP contribution in [0.2, 0.25) is 0 Å². The first-order valence-corrected chi connectivity index (χ1v) is 8.63. The highest BCUT2D eigenvalue weighted by molar-refractivity contribution is 7.22. The summed E-state index contributed by atoms with van der Waals surface area (Å²) in [6.45, 7) is 3.20. The summed E-state index contributed by atoms with van der Waals surface area (Å²) in [5.74, 6) is -0.392. The highest BCUT2D eigenvalue weighted by atomic mass is 32.1. The Morgan fingerprint density at radius 1 is 1.39 bits per heavy atom. The summed E-state index contributed by atoms with van der Waals surface area (Å²) in [4.78, 5) is 29.6. The first-order valence-electron chi connectivity index (χ1n) is 7.81. The zero-order chi connectivity index (χ0) is 16.4. The number of amides is 3. The fourth-order valence-electron chi connectivity index (χ4n) is 2.78. The molecular weight excluding hydrogens is 312 g/mol. The van der Waals surface area contributed by atoms with E-state index < -0.39 is 0 Å².